The Hall–Kier alpha value is -2.30. The SMILES string of the molecule is Cc1cccc(C[C@H](C)NC(=O)c2cc(C)nc(C)n2)n1. The van der Waals surface area contributed by atoms with Gasteiger partial charge >= 0.3 is 0 Å². The summed E-state index contributed by atoms with van der Waals surface area (Å²) in [5, 5.41) is 2.95. The number of nitrogens with zero attached hydrogens (tertiary/aromatic N) is 3. The molecule has 0 spiro atoms. The second-order valence-corrected chi connectivity index (χ2v) is 5.29. The van der Waals surface area contributed by atoms with Gasteiger partial charge in [-0.05, 0) is 45.9 Å². The minimum absolute atomic E-state index is 0.0117. The van der Waals surface area contributed by atoms with Crippen molar-refractivity contribution in [3.63, 3.8) is 0 Å². The maximum absolute atomic E-state index is 12.2. The fourth-order valence-corrected chi connectivity index (χ4v) is 2.21. The molecule has 0 saturated carbocycles. The van der Waals surface area contributed by atoms with Gasteiger partial charge in [-0.15, -0.1) is 0 Å². The molecule has 0 unspecified atom stereocenters. The molecule has 1 N–H and O–H groups in total. The minimum Gasteiger partial charge on any atom is -0.348 e. The Kier molecular flexibility index (Phi) is 4.62. The average Bonchev–Trinajstić information content (AvgIpc) is 2.37. The van der Waals surface area contributed by atoms with Gasteiger partial charge in [-0.1, -0.05) is 6.07 Å². The van der Waals surface area contributed by atoms with E-state index in [4.69, 9.17) is 0 Å². The highest BCUT2D eigenvalue weighted by molar-refractivity contribution is 5.92. The molecular weight excluding hydrogens is 264 g/mol. The summed E-state index contributed by atoms with van der Waals surface area (Å²) in [4.78, 5) is 25.0. The third kappa shape index (κ3) is 4.34. The topological polar surface area (TPSA) is 67.8 Å². The van der Waals surface area contributed by atoms with Crippen LogP contribution < -0.4 is 5.32 Å². The van der Waals surface area contributed by atoms with Gasteiger partial charge in [0.2, 0.25) is 0 Å². The molecule has 0 saturated heterocycles. The fraction of sp³-hybridized carbons (Fsp3) is 0.375. The zero-order valence-electron chi connectivity index (χ0n) is 12.8. The first-order valence-corrected chi connectivity index (χ1v) is 6.99. The van der Waals surface area contributed by atoms with Crippen LogP contribution in [0.3, 0.4) is 0 Å². The predicted octanol–water partition coefficient (Wildman–Crippen LogP) is 2.16. The number of nitrogens with one attached hydrogen (secondary N) is 1. The van der Waals surface area contributed by atoms with E-state index in [1.165, 1.54) is 0 Å². The molecule has 0 radical (unpaired) electrons. The van der Waals surface area contributed by atoms with Crippen molar-refractivity contribution >= 4 is 5.91 Å². The number of carbonyl (C=O) groups excluding carboxylic acids is 1. The van der Waals surface area contributed by atoms with Crippen LogP contribution in [-0.2, 0) is 6.42 Å². The van der Waals surface area contributed by atoms with E-state index in [-0.39, 0.29) is 11.9 Å². The van der Waals surface area contributed by atoms with Gasteiger partial charge in [-0.3, -0.25) is 9.78 Å². The Morgan fingerprint density at radius 1 is 1.14 bits per heavy atom. The molecule has 5 heteroatoms. The number of aromatic nitrogens is 3. The van der Waals surface area contributed by atoms with E-state index in [1.54, 1.807) is 13.0 Å². The molecule has 0 fully saturated rings. The van der Waals surface area contributed by atoms with Gasteiger partial charge in [0.25, 0.3) is 5.91 Å². The predicted molar refractivity (Wildman–Crippen MR) is 81.1 cm³/mol. The first-order chi connectivity index (χ1) is 9.94. The number of rotatable bonds is 4. The average molecular weight is 284 g/mol. The number of amides is 1. The highest BCUT2D eigenvalue weighted by atomic mass is 16.1. The highest BCUT2D eigenvalue weighted by Crippen LogP contribution is 2.04. The van der Waals surface area contributed by atoms with Crippen molar-refractivity contribution in [2.45, 2.75) is 40.2 Å². The van der Waals surface area contributed by atoms with Crippen molar-refractivity contribution < 1.29 is 4.79 Å². The van der Waals surface area contributed by atoms with Crippen LogP contribution in [-0.4, -0.2) is 26.9 Å². The largest absolute Gasteiger partial charge is 0.348 e. The fourth-order valence-electron chi connectivity index (χ4n) is 2.21. The van der Waals surface area contributed by atoms with Crippen LogP contribution in [0.4, 0.5) is 0 Å². The second kappa shape index (κ2) is 6.43. The van der Waals surface area contributed by atoms with Crippen LogP contribution >= 0.6 is 0 Å². The Labute approximate surface area is 124 Å². The maximum atomic E-state index is 12.2. The minimum atomic E-state index is -0.177. The van der Waals surface area contributed by atoms with Gasteiger partial charge in [0.1, 0.15) is 11.5 Å². The summed E-state index contributed by atoms with van der Waals surface area (Å²) in [7, 11) is 0. The van der Waals surface area contributed by atoms with Crippen LogP contribution in [0.2, 0.25) is 0 Å². The van der Waals surface area contributed by atoms with Crippen molar-refractivity contribution in [1.29, 1.82) is 0 Å². The van der Waals surface area contributed by atoms with E-state index < -0.39 is 0 Å². The smallest absolute Gasteiger partial charge is 0.270 e. The van der Waals surface area contributed by atoms with Crippen molar-refractivity contribution in [2.24, 2.45) is 0 Å². The molecule has 0 aliphatic carbocycles. The Balaban J connectivity index is 2.02. The lowest BCUT2D eigenvalue weighted by atomic mass is 10.1. The van der Waals surface area contributed by atoms with Gasteiger partial charge < -0.3 is 5.32 Å². The molecule has 2 rings (SSSR count). The first-order valence-electron chi connectivity index (χ1n) is 6.99. The number of aryl methyl sites for hydroxylation is 3. The number of hydrogen-bond donors (Lipinski definition) is 1. The summed E-state index contributed by atoms with van der Waals surface area (Å²) in [5.41, 5.74) is 3.15. The normalized spacial score (nSPS) is 12.0. The molecule has 0 aliphatic rings. The summed E-state index contributed by atoms with van der Waals surface area (Å²) >= 11 is 0. The zero-order chi connectivity index (χ0) is 15.4. The van der Waals surface area contributed by atoms with Crippen LogP contribution in [0.5, 0.6) is 0 Å². The van der Waals surface area contributed by atoms with Crippen LogP contribution in [0.15, 0.2) is 24.3 Å². The highest BCUT2D eigenvalue weighted by Gasteiger charge is 2.13. The third-order valence-electron chi connectivity index (χ3n) is 3.04. The summed E-state index contributed by atoms with van der Waals surface area (Å²) in [5.74, 6) is 0.428. The molecule has 5 nitrogen and oxygen atoms in total. The summed E-state index contributed by atoms with van der Waals surface area (Å²) < 4.78 is 0. The van der Waals surface area contributed by atoms with Gasteiger partial charge in [-0.2, -0.15) is 0 Å². The first kappa shape index (κ1) is 15.1. The second-order valence-electron chi connectivity index (χ2n) is 5.29. The van der Waals surface area contributed by atoms with Crippen molar-refractivity contribution in [2.75, 3.05) is 0 Å². The van der Waals surface area contributed by atoms with Crippen LogP contribution in [0, 0.1) is 20.8 Å². The third-order valence-corrected chi connectivity index (χ3v) is 3.04. The lowest BCUT2D eigenvalue weighted by Gasteiger charge is -2.13. The van der Waals surface area contributed by atoms with Gasteiger partial charge in [0.15, 0.2) is 0 Å². The van der Waals surface area contributed by atoms with Crippen molar-refractivity contribution in [3.8, 4) is 0 Å². The Morgan fingerprint density at radius 3 is 2.57 bits per heavy atom. The number of pyridine rings is 1. The summed E-state index contributed by atoms with van der Waals surface area (Å²) in [6.45, 7) is 7.55. The molecule has 0 bridgehead atoms. The molecule has 2 aromatic rings. The molecule has 2 aromatic heterocycles. The van der Waals surface area contributed by atoms with E-state index in [9.17, 15) is 4.79 Å². The standard InChI is InChI=1S/C16H20N4O/c1-10-6-5-7-14(18-10)8-11(2)19-16(21)15-9-12(3)17-13(4)20-15/h5-7,9,11H,8H2,1-4H3,(H,19,21)/t11-/m0/s1. The maximum Gasteiger partial charge on any atom is 0.270 e. The summed E-state index contributed by atoms with van der Waals surface area (Å²) in [6, 6.07) is 7.58. The number of carbonyl (C=O) groups is 1. The van der Waals surface area contributed by atoms with Gasteiger partial charge in [0, 0.05) is 29.5 Å². The molecule has 1 atom stereocenters. The van der Waals surface area contributed by atoms with Crippen LogP contribution in [0.1, 0.15) is 40.3 Å². The van der Waals surface area contributed by atoms with Crippen LogP contribution in [0.25, 0.3) is 0 Å². The lowest BCUT2D eigenvalue weighted by Crippen LogP contribution is -2.35. The van der Waals surface area contributed by atoms with Crippen molar-refractivity contribution in [1.82, 2.24) is 20.3 Å². The lowest BCUT2D eigenvalue weighted by molar-refractivity contribution is 0.0934. The Morgan fingerprint density at radius 2 is 1.90 bits per heavy atom. The number of hydrogen-bond acceptors (Lipinski definition) is 4. The molecule has 2 heterocycles. The zero-order valence-corrected chi connectivity index (χ0v) is 12.8. The molecule has 1 amide bonds. The molecular formula is C16H20N4O. The molecule has 110 valence electrons. The molecule has 0 aromatic carbocycles. The monoisotopic (exact) mass is 284 g/mol. The van der Waals surface area contributed by atoms with E-state index >= 15 is 0 Å². The van der Waals surface area contributed by atoms with E-state index in [0.29, 0.717) is 17.9 Å². The van der Waals surface area contributed by atoms with Gasteiger partial charge in [-0.25, -0.2) is 9.97 Å². The Bertz CT molecular complexity index is 634. The van der Waals surface area contributed by atoms with E-state index in [2.05, 4.69) is 20.3 Å². The van der Waals surface area contributed by atoms with E-state index in [1.807, 2.05) is 39.0 Å². The molecule has 0 aliphatic heterocycles. The van der Waals surface area contributed by atoms with Crippen molar-refractivity contribution in [3.05, 3.63) is 52.9 Å². The van der Waals surface area contributed by atoms with Gasteiger partial charge in [0.05, 0.1) is 0 Å². The quantitative estimate of drug-likeness (QED) is 0.934. The summed E-state index contributed by atoms with van der Waals surface area (Å²) in [6.07, 6.45) is 0.691. The molecule has 21 heavy (non-hydrogen) atoms. The van der Waals surface area contributed by atoms with E-state index in [0.717, 1.165) is 17.1 Å².